The first-order valence-electron chi connectivity index (χ1n) is 13.7. The Hall–Kier alpha value is -5.15. The molecule has 4 aromatic rings. The molecule has 4 aliphatic rings. The molecule has 1 heterocycles. The van der Waals surface area contributed by atoms with E-state index in [1.807, 2.05) is 48.5 Å². The van der Waals surface area contributed by atoms with Crippen LogP contribution in [0.1, 0.15) is 33.7 Å². The molecule has 3 aliphatic carbocycles. The third-order valence-electron chi connectivity index (χ3n) is 8.74. The van der Waals surface area contributed by atoms with Gasteiger partial charge in [0.1, 0.15) is 0 Å². The molecular formula is C33H23ClN4O5. The van der Waals surface area contributed by atoms with Gasteiger partial charge in [-0.2, -0.15) is 5.10 Å². The quantitative estimate of drug-likeness (QED) is 0.144. The van der Waals surface area contributed by atoms with Crippen LogP contribution in [0.25, 0.3) is 0 Å². The normalized spacial score (nSPS) is 23.2. The molecule has 3 amide bonds. The molecule has 1 fully saturated rings. The molecule has 0 saturated carbocycles. The van der Waals surface area contributed by atoms with Gasteiger partial charge in [-0.25, -0.2) is 10.3 Å². The van der Waals surface area contributed by atoms with Crippen molar-refractivity contribution < 1.29 is 19.3 Å². The number of carbonyl (C=O) groups excluding carboxylic acids is 3. The monoisotopic (exact) mass is 590 g/mol. The van der Waals surface area contributed by atoms with Crippen LogP contribution in [0.15, 0.2) is 102 Å². The molecule has 0 spiro atoms. The van der Waals surface area contributed by atoms with Crippen molar-refractivity contribution in [3.8, 4) is 0 Å². The van der Waals surface area contributed by atoms with Crippen molar-refractivity contribution in [2.75, 3.05) is 4.90 Å². The minimum absolute atomic E-state index is 0.0775. The van der Waals surface area contributed by atoms with Crippen molar-refractivity contribution in [2.45, 2.75) is 17.8 Å². The van der Waals surface area contributed by atoms with Crippen molar-refractivity contribution in [2.24, 2.45) is 16.9 Å². The van der Waals surface area contributed by atoms with Gasteiger partial charge >= 0.3 is 0 Å². The van der Waals surface area contributed by atoms with Gasteiger partial charge in [0.2, 0.25) is 17.7 Å². The SMILES string of the molecule is O=C(Cc1ccc(Cl)cc1)N/N=C\C12c3ccccc3C(c3ccccc31)[C@H]1C(=O)N(c3ccc([N+](=O)[O-])cc3)C(=O)[C@H]12. The maximum absolute atomic E-state index is 14.4. The Morgan fingerprint density at radius 2 is 1.51 bits per heavy atom. The second-order valence-electron chi connectivity index (χ2n) is 10.9. The lowest BCUT2D eigenvalue weighted by atomic mass is 9.47. The predicted octanol–water partition coefficient (Wildman–Crippen LogP) is 5.14. The van der Waals surface area contributed by atoms with E-state index in [1.165, 1.54) is 24.3 Å². The van der Waals surface area contributed by atoms with E-state index in [9.17, 15) is 24.5 Å². The van der Waals surface area contributed by atoms with Gasteiger partial charge in [0.05, 0.1) is 34.3 Å². The van der Waals surface area contributed by atoms with Crippen molar-refractivity contribution in [3.05, 3.63) is 140 Å². The van der Waals surface area contributed by atoms with Crippen LogP contribution < -0.4 is 10.3 Å². The van der Waals surface area contributed by atoms with Crippen LogP contribution in [0.3, 0.4) is 0 Å². The molecule has 212 valence electrons. The van der Waals surface area contributed by atoms with E-state index in [-0.39, 0.29) is 35.5 Å². The standard InChI is InChI=1S/C33H23ClN4O5/c34-20-11-9-19(10-12-20)17-27(39)36-35-18-33-25-7-3-1-5-23(25)28(24-6-2-4-8-26(24)33)29-30(33)32(41)37(31(29)40)21-13-15-22(16-14-21)38(42)43/h1-16,18,28-30H,17H2,(H,36,39)/b35-18-/t28?,29-,30+,33?/m1/s1. The summed E-state index contributed by atoms with van der Waals surface area (Å²) < 4.78 is 0. The summed E-state index contributed by atoms with van der Waals surface area (Å²) in [5.74, 6) is -3.09. The zero-order chi connectivity index (χ0) is 29.9. The van der Waals surface area contributed by atoms with Crippen molar-refractivity contribution in [1.29, 1.82) is 0 Å². The van der Waals surface area contributed by atoms with Crippen LogP contribution in [0.2, 0.25) is 5.02 Å². The van der Waals surface area contributed by atoms with Gasteiger partial charge in [-0.3, -0.25) is 24.5 Å². The first kappa shape index (κ1) is 26.7. The number of hydrazone groups is 1. The number of hydrogen-bond acceptors (Lipinski definition) is 6. The molecule has 9 nitrogen and oxygen atoms in total. The van der Waals surface area contributed by atoms with Gasteiger partial charge in [0.25, 0.3) is 5.69 Å². The molecule has 0 aromatic heterocycles. The zero-order valence-corrected chi connectivity index (χ0v) is 23.3. The Morgan fingerprint density at radius 3 is 2.12 bits per heavy atom. The van der Waals surface area contributed by atoms with E-state index in [0.29, 0.717) is 5.02 Å². The number of rotatable bonds is 6. The Bertz CT molecular complexity index is 1810. The summed E-state index contributed by atoms with van der Waals surface area (Å²) in [6, 6.07) is 27.8. The number of amides is 3. The summed E-state index contributed by atoms with van der Waals surface area (Å²) in [5, 5.41) is 16.2. The minimum Gasteiger partial charge on any atom is -0.274 e. The van der Waals surface area contributed by atoms with Crippen molar-refractivity contribution in [3.63, 3.8) is 0 Å². The number of nitro groups is 1. The molecule has 1 N–H and O–H groups in total. The largest absolute Gasteiger partial charge is 0.274 e. The number of nitrogens with one attached hydrogen (secondary N) is 1. The minimum atomic E-state index is -1.15. The number of halogens is 1. The first-order valence-corrected chi connectivity index (χ1v) is 14.1. The number of non-ortho nitro benzene ring substituents is 1. The number of anilines is 1. The summed E-state index contributed by atoms with van der Waals surface area (Å²) in [4.78, 5) is 53.2. The Morgan fingerprint density at radius 1 is 0.907 bits per heavy atom. The fourth-order valence-corrected chi connectivity index (χ4v) is 7.19. The van der Waals surface area contributed by atoms with Gasteiger partial charge < -0.3 is 0 Å². The third kappa shape index (κ3) is 3.99. The number of imide groups is 1. The van der Waals surface area contributed by atoms with E-state index in [2.05, 4.69) is 10.5 Å². The summed E-state index contributed by atoms with van der Waals surface area (Å²) in [6.07, 6.45) is 1.68. The highest BCUT2D eigenvalue weighted by Crippen LogP contribution is 2.63. The average Bonchev–Trinajstić information content (AvgIpc) is 3.29. The Balaban J connectivity index is 1.33. The second-order valence-corrected chi connectivity index (χ2v) is 11.3. The van der Waals surface area contributed by atoms with Crippen molar-refractivity contribution in [1.82, 2.24) is 5.43 Å². The maximum Gasteiger partial charge on any atom is 0.269 e. The highest BCUT2D eigenvalue weighted by molar-refractivity contribution is 6.30. The molecule has 1 aliphatic heterocycles. The molecule has 2 bridgehead atoms. The zero-order valence-electron chi connectivity index (χ0n) is 22.5. The molecule has 0 radical (unpaired) electrons. The highest BCUT2D eigenvalue weighted by atomic mass is 35.5. The van der Waals surface area contributed by atoms with Gasteiger partial charge in [-0.05, 0) is 52.1 Å². The second kappa shape index (κ2) is 9.99. The summed E-state index contributed by atoms with van der Waals surface area (Å²) in [6.45, 7) is 0. The van der Waals surface area contributed by atoms with Crippen LogP contribution in [0.5, 0.6) is 0 Å². The number of nitro benzene ring substituents is 1. The molecule has 8 rings (SSSR count). The molecule has 10 heteroatoms. The number of benzene rings is 4. The molecule has 4 aromatic carbocycles. The van der Waals surface area contributed by atoms with Crippen LogP contribution >= 0.6 is 11.6 Å². The van der Waals surface area contributed by atoms with Crippen LogP contribution in [0.4, 0.5) is 11.4 Å². The van der Waals surface area contributed by atoms with E-state index in [0.717, 1.165) is 32.7 Å². The van der Waals surface area contributed by atoms with E-state index in [1.54, 1.807) is 30.5 Å². The topological polar surface area (TPSA) is 122 Å². The summed E-state index contributed by atoms with van der Waals surface area (Å²) in [7, 11) is 0. The van der Waals surface area contributed by atoms with E-state index < -0.39 is 28.1 Å². The first-order chi connectivity index (χ1) is 20.8. The molecule has 0 unspecified atom stereocenters. The number of carbonyl (C=O) groups is 3. The van der Waals surface area contributed by atoms with Crippen LogP contribution in [-0.4, -0.2) is 28.9 Å². The predicted molar refractivity (Wildman–Crippen MR) is 160 cm³/mol. The van der Waals surface area contributed by atoms with Crippen LogP contribution in [0, 0.1) is 22.0 Å². The fourth-order valence-electron chi connectivity index (χ4n) is 7.06. The number of hydrogen-bond donors (Lipinski definition) is 1. The van der Waals surface area contributed by atoms with Crippen molar-refractivity contribution >= 4 is 46.9 Å². The maximum atomic E-state index is 14.4. The molecule has 1 saturated heterocycles. The molecular weight excluding hydrogens is 568 g/mol. The van der Waals surface area contributed by atoms with Gasteiger partial charge in [0.15, 0.2) is 0 Å². The van der Waals surface area contributed by atoms with Gasteiger partial charge in [-0.1, -0.05) is 72.3 Å². The highest BCUT2D eigenvalue weighted by Gasteiger charge is 2.68. The van der Waals surface area contributed by atoms with E-state index in [4.69, 9.17) is 11.6 Å². The van der Waals surface area contributed by atoms with Gasteiger partial charge in [-0.15, -0.1) is 0 Å². The summed E-state index contributed by atoms with van der Waals surface area (Å²) in [5.41, 5.74) is 5.91. The Kier molecular flexibility index (Phi) is 6.21. The lowest BCUT2D eigenvalue weighted by molar-refractivity contribution is -0.384. The summed E-state index contributed by atoms with van der Waals surface area (Å²) >= 11 is 5.96. The lowest BCUT2D eigenvalue weighted by Gasteiger charge is -2.52. The van der Waals surface area contributed by atoms with Crippen LogP contribution in [-0.2, 0) is 26.2 Å². The average molecular weight is 591 g/mol. The third-order valence-corrected chi connectivity index (χ3v) is 8.99. The molecule has 2 atom stereocenters. The molecule has 43 heavy (non-hydrogen) atoms. The van der Waals surface area contributed by atoms with E-state index >= 15 is 0 Å². The van der Waals surface area contributed by atoms with Gasteiger partial charge in [0, 0.05) is 29.3 Å². The Labute approximate surface area is 250 Å². The fraction of sp³-hybridized carbons (Fsp3) is 0.152. The number of nitrogens with zero attached hydrogens (tertiary/aromatic N) is 3. The smallest absolute Gasteiger partial charge is 0.269 e. The lowest BCUT2D eigenvalue weighted by Crippen LogP contribution is -2.54.